The van der Waals surface area contributed by atoms with E-state index in [9.17, 15) is 5.11 Å². The molecule has 0 spiro atoms. The third kappa shape index (κ3) is 4.54. The molecule has 1 N–H and O–H groups in total. The lowest BCUT2D eigenvalue weighted by atomic mass is 9.96. The zero-order chi connectivity index (χ0) is 24.0. The van der Waals surface area contributed by atoms with Crippen LogP contribution in [-0.4, -0.2) is 38.1 Å². The quantitative estimate of drug-likeness (QED) is 0.387. The molecule has 1 aliphatic carbocycles. The second-order valence-corrected chi connectivity index (χ2v) is 10.1. The average Bonchev–Trinajstić information content (AvgIpc) is 3.64. The molecule has 0 unspecified atom stereocenters. The normalized spacial score (nSPS) is 17.1. The zero-order valence-corrected chi connectivity index (χ0v) is 20.1. The van der Waals surface area contributed by atoms with Crippen molar-refractivity contribution in [2.45, 2.75) is 57.1 Å². The Morgan fingerprint density at radius 2 is 1.71 bits per heavy atom. The number of rotatable bonds is 6. The van der Waals surface area contributed by atoms with Gasteiger partial charge < -0.3 is 14.6 Å². The highest BCUT2D eigenvalue weighted by Crippen LogP contribution is 2.41. The molecule has 0 atom stereocenters. The van der Waals surface area contributed by atoms with E-state index in [4.69, 9.17) is 14.6 Å². The van der Waals surface area contributed by atoms with Crippen molar-refractivity contribution < 1.29 is 14.6 Å². The molecule has 1 aliphatic heterocycles. The minimum absolute atomic E-state index is 0.357. The molecule has 3 aromatic heterocycles. The van der Waals surface area contributed by atoms with Crippen LogP contribution in [-0.2, 0) is 10.3 Å². The predicted octanol–water partition coefficient (Wildman–Crippen LogP) is 5.74. The molecule has 7 nitrogen and oxygen atoms in total. The van der Waals surface area contributed by atoms with Crippen LogP contribution in [0.1, 0.15) is 62.9 Å². The minimum Gasteiger partial charge on any atom is -0.453 e. The van der Waals surface area contributed by atoms with Gasteiger partial charge in [0, 0.05) is 36.9 Å². The molecule has 0 amide bonds. The van der Waals surface area contributed by atoms with E-state index in [2.05, 4.69) is 39.0 Å². The van der Waals surface area contributed by atoms with Crippen LogP contribution in [0.2, 0.25) is 0 Å². The summed E-state index contributed by atoms with van der Waals surface area (Å²) in [7, 11) is 0. The van der Waals surface area contributed by atoms with Gasteiger partial charge in [-0.3, -0.25) is 14.6 Å². The SMILES string of the molecule is CC(C)(O)c1cc(-c2ccc3c(Oc4cn(C5CC5)nc4C4CCOCC4)ccnc3c2)ccn1. The van der Waals surface area contributed by atoms with Gasteiger partial charge in [-0.05, 0) is 81.0 Å². The Balaban J connectivity index is 1.34. The van der Waals surface area contributed by atoms with Crippen molar-refractivity contribution in [2.75, 3.05) is 13.2 Å². The fourth-order valence-corrected chi connectivity index (χ4v) is 4.70. The Labute approximate surface area is 204 Å². The first-order valence-electron chi connectivity index (χ1n) is 12.4. The van der Waals surface area contributed by atoms with Gasteiger partial charge in [-0.2, -0.15) is 5.10 Å². The molecular weight excluding hydrogens is 440 g/mol. The minimum atomic E-state index is -1.00. The smallest absolute Gasteiger partial charge is 0.168 e. The van der Waals surface area contributed by atoms with Crippen molar-refractivity contribution in [3.05, 3.63) is 66.4 Å². The number of nitrogens with zero attached hydrogens (tertiary/aromatic N) is 4. The molecule has 4 aromatic rings. The summed E-state index contributed by atoms with van der Waals surface area (Å²) in [4.78, 5) is 8.94. The maximum Gasteiger partial charge on any atom is 0.168 e. The van der Waals surface area contributed by atoms with Crippen molar-refractivity contribution in [1.29, 1.82) is 0 Å². The third-order valence-corrected chi connectivity index (χ3v) is 6.90. The molecule has 1 saturated heterocycles. The van der Waals surface area contributed by atoms with Gasteiger partial charge in [-0.15, -0.1) is 0 Å². The van der Waals surface area contributed by atoms with E-state index in [0.717, 1.165) is 65.3 Å². The summed E-state index contributed by atoms with van der Waals surface area (Å²) in [6.45, 7) is 5.02. The summed E-state index contributed by atoms with van der Waals surface area (Å²) >= 11 is 0. The monoisotopic (exact) mass is 470 g/mol. The topological polar surface area (TPSA) is 82.3 Å². The van der Waals surface area contributed by atoms with Crippen LogP contribution in [0.5, 0.6) is 11.5 Å². The van der Waals surface area contributed by atoms with Crippen molar-refractivity contribution >= 4 is 10.9 Å². The Kier molecular flexibility index (Phi) is 5.54. The summed E-state index contributed by atoms with van der Waals surface area (Å²) in [5.74, 6) is 1.97. The average molecular weight is 471 g/mol. The third-order valence-electron chi connectivity index (χ3n) is 6.90. The second-order valence-electron chi connectivity index (χ2n) is 10.1. The second kappa shape index (κ2) is 8.73. The van der Waals surface area contributed by atoms with Gasteiger partial charge in [0.1, 0.15) is 17.0 Å². The Hall–Kier alpha value is -3.29. The summed E-state index contributed by atoms with van der Waals surface area (Å²) in [6.07, 6.45) is 9.89. The van der Waals surface area contributed by atoms with E-state index in [-0.39, 0.29) is 0 Å². The molecule has 0 bridgehead atoms. The molecule has 4 heterocycles. The lowest BCUT2D eigenvalue weighted by molar-refractivity contribution is 0.0739. The van der Waals surface area contributed by atoms with E-state index in [1.165, 1.54) is 12.8 Å². The van der Waals surface area contributed by atoms with Gasteiger partial charge in [-0.1, -0.05) is 6.07 Å². The highest BCUT2D eigenvalue weighted by molar-refractivity contribution is 5.89. The van der Waals surface area contributed by atoms with Gasteiger partial charge in [0.15, 0.2) is 5.75 Å². The zero-order valence-electron chi connectivity index (χ0n) is 20.1. The summed E-state index contributed by atoms with van der Waals surface area (Å²) in [5, 5.41) is 16.3. The molecule has 7 heteroatoms. The summed E-state index contributed by atoms with van der Waals surface area (Å²) in [6, 6.07) is 12.5. The molecule has 2 aliphatic rings. The van der Waals surface area contributed by atoms with Crippen LogP contribution in [0, 0.1) is 0 Å². The Morgan fingerprint density at radius 1 is 0.943 bits per heavy atom. The fourth-order valence-electron chi connectivity index (χ4n) is 4.70. The van der Waals surface area contributed by atoms with Gasteiger partial charge in [0.2, 0.25) is 0 Å². The Morgan fingerprint density at radius 3 is 2.49 bits per heavy atom. The molecule has 35 heavy (non-hydrogen) atoms. The predicted molar refractivity (Wildman–Crippen MR) is 134 cm³/mol. The number of aromatic nitrogens is 4. The first-order chi connectivity index (χ1) is 17.0. The fraction of sp³-hybridized carbons (Fsp3) is 0.393. The molecule has 1 saturated carbocycles. The maximum absolute atomic E-state index is 10.4. The van der Waals surface area contributed by atoms with Crippen molar-refractivity contribution in [1.82, 2.24) is 19.7 Å². The van der Waals surface area contributed by atoms with E-state index in [1.807, 2.05) is 18.2 Å². The van der Waals surface area contributed by atoms with Crippen LogP contribution in [0.3, 0.4) is 0 Å². The molecule has 2 fully saturated rings. The van der Waals surface area contributed by atoms with Crippen LogP contribution >= 0.6 is 0 Å². The standard InChI is InChI=1S/C28H30N4O3/c1-28(2,33)26-16-20(7-11-30-26)19-3-6-22-23(15-19)29-12-8-24(22)35-25-17-32(21-4-5-21)31-27(25)18-9-13-34-14-10-18/h3,6-8,11-12,15-18,21,33H,4-5,9-10,13-14H2,1-2H3. The number of benzene rings is 1. The van der Waals surface area contributed by atoms with E-state index in [1.54, 1.807) is 26.2 Å². The number of pyridine rings is 2. The molecular formula is C28H30N4O3. The number of hydrogen-bond donors (Lipinski definition) is 1. The van der Waals surface area contributed by atoms with E-state index < -0.39 is 5.60 Å². The highest BCUT2D eigenvalue weighted by Gasteiger charge is 2.30. The highest BCUT2D eigenvalue weighted by atomic mass is 16.5. The van der Waals surface area contributed by atoms with Crippen LogP contribution in [0.25, 0.3) is 22.0 Å². The summed E-state index contributed by atoms with van der Waals surface area (Å²) in [5.41, 5.74) is 3.52. The van der Waals surface area contributed by atoms with Crippen LogP contribution in [0.4, 0.5) is 0 Å². The lowest BCUT2D eigenvalue weighted by Gasteiger charge is -2.21. The van der Waals surface area contributed by atoms with E-state index in [0.29, 0.717) is 17.7 Å². The van der Waals surface area contributed by atoms with Crippen molar-refractivity contribution in [3.8, 4) is 22.6 Å². The molecule has 6 rings (SSSR count). The molecule has 1 aromatic carbocycles. The maximum atomic E-state index is 10.4. The Bertz CT molecular complexity index is 1360. The first-order valence-corrected chi connectivity index (χ1v) is 12.4. The largest absolute Gasteiger partial charge is 0.453 e. The van der Waals surface area contributed by atoms with Crippen molar-refractivity contribution in [2.24, 2.45) is 0 Å². The van der Waals surface area contributed by atoms with Crippen molar-refractivity contribution in [3.63, 3.8) is 0 Å². The van der Waals surface area contributed by atoms with E-state index >= 15 is 0 Å². The number of aliphatic hydroxyl groups is 1. The lowest BCUT2D eigenvalue weighted by Crippen LogP contribution is -2.17. The summed E-state index contributed by atoms with van der Waals surface area (Å²) < 4.78 is 14.2. The first kappa shape index (κ1) is 22.2. The van der Waals surface area contributed by atoms with Gasteiger partial charge in [0.25, 0.3) is 0 Å². The van der Waals surface area contributed by atoms with Gasteiger partial charge in [-0.25, -0.2) is 0 Å². The molecule has 0 radical (unpaired) electrons. The van der Waals surface area contributed by atoms with Gasteiger partial charge >= 0.3 is 0 Å². The number of fused-ring (bicyclic) bond motifs is 1. The molecule has 180 valence electrons. The number of hydrogen-bond acceptors (Lipinski definition) is 6. The van der Waals surface area contributed by atoms with Gasteiger partial charge in [0.05, 0.1) is 23.4 Å². The van der Waals surface area contributed by atoms with Crippen LogP contribution in [0.15, 0.2) is 55.0 Å². The van der Waals surface area contributed by atoms with Crippen LogP contribution < -0.4 is 4.74 Å². The number of ether oxygens (including phenoxy) is 2.